The summed E-state index contributed by atoms with van der Waals surface area (Å²) in [7, 11) is 1.33. The van der Waals surface area contributed by atoms with Crippen molar-refractivity contribution in [1.29, 1.82) is 0 Å². The van der Waals surface area contributed by atoms with Crippen LogP contribution in [-0.2, 0) is 20.9 Å². The number of fused-ring (bicyclic) bond motifs is 1. The van der Waals surface area contributed by atoms with Crippen molar-refractivity contribution in [2.24, 2.45) is 0 Å². The standard InChI is InChI=1S/C22H20N4O4/c1-14-18(21(28)30-12-15-6-4-3-5-7-15)19(26-22(25-14)23-13-24-26)16-8-10-17(11-9-16)20(27)29-2/h3-11,13,19H,12H2,1-2H3,(H,23,24,25)/t19-/m1/s1. The summed E-state index contributed by atoms with van der Waals surface area (Å²) in [6, 6.07) is 15.8. The van der Waals surface area contributed by atoms with E-state index in [0.717, 1.165) is 11.1 Å². The highest BCUT2D eigenvalue weighted by molar-refractivity contribution is 5.93. The molecule has 8 heteroatoms. The average Bonchev–Trinajstić information content (AvgIpc) is 3.24. The highest BCUT2D eigenvalue weighted by atomic mass is 16.5. The van der Waals surface area contributed by atoms with Crippen molar-refractivity contribution < 1.29 is 19.1 Å². The van der Waals surface area contributed by atoms with E-state index in [1.165, 1.54) is 13.4 Å². The van der Waals surface area contributed by atoms with Crippen LogP contribution in [0.1, 0.15) is 34.5 Å². The van der Waals surface area contributed by atoms with Gasteiger partial charge in [-0.3, -0.25) is 0 Å². The largest absolute Gasteiger partial charge is 0.465 e. The van der Waals surface area contributed by atoms with Crippen LogP contribution in [0.25, 0.3) is 0 Å². The van der Waals surface area contributed by atoms with Crippen LogP contribution in [0.15, 0.2) is 72.2 Å². The lowest BCUT2D eigenvalue weighted by atomic mass is 9.95. The molecular weight excluding hydrogens is 384 g/mol. The number of hydrogen-bond acceptors (Lipinski definition) is 7. The third-order valence-corrected chi connectivity index (χ3v) is 4.87. The Morgan fingerprint density at radius 2 is 1.80 bits per heavy atom. The van der Waals surface area contributed by atoms with Gasteiger partial charge in [0.25, 0.3) is 0 Å². The fraction of sp³-hybridized carbons (Fsp3) is 0.182. The molecule has 0 fully saturated rings. The van der Waals surface area contributed by atoms with E-state index in [1.807, 2.05) is 30.3 Å². The first-order valence-corrected chi connectivity index (χ1v) is 9.35. The number of rotatable bonds is 5. The van der Waals surface area contributed by atoms with Crippen LogP contribution in [0, 0.1) is 0 Å². The van der Waals surface area contributed by atoms with Gasteiger partial charge in [0.2, 0.25) is 5.95 Å². The highest BCUT2D eigenvalue weighted by Gasteiger charge is 2.34. The van der Waals surface area contributed by atoms with Gasteiger partial charge >= 0.3 is 11.9 Å². The van der Waals surface area contributed by atoms with Crippen LogP contribution in [0.5, 0.6) is 0 Å². The second-order valence-corrected chi connectivity index (χ2v) is 6.77. The number of anilines is 1. The first-order chi connectivity index (χ1) is 14.6. The van der Waals surface area contributed by atoms with Crippen LogP contribution in [0.3, 0.4) is 0 Å². The lowest BCUT2D eigenvalue weighted by Crippen LogP contribution is -2.29. The molecule has 0 amide bonds. The van der Waals surface area contributed by atoms with Crippen molar-refractivity contribution >= 4 is 17.9 Å². The monoisotopic (exact) mass is 404 g/mol. The number of carbonyl (C=O) groups is 2. The van der Waals surface area contributed by atoms with Crippen LogP contribution in [-0.4, -0.2) is 33.8 Å². The Balaban J connectivity index is 1.66. The molecule has 30 heavy (non-hydrogen) atoms. The van der Waals surface area contributed by atoms with Crippen LogP contribution in [0.2, 0.25) is 0 Å². The predicted molar refractivity (Wildman–Crippen MR) is 109 cm³/mol. The number of hydrogen-bond donors (Lipinski definition) is 1. The Bertz CT molecular complexity index is 1100. The van der Waals surface area contributed by atoms with Crippen LogP contribution in [0.4, 0.5) is 5.95 Å². The summed E-state index contributed by atoms with van der Waals surface area (Å²) in [4.78, 5) is 29.0. The number of allylic oxidation sites excluding steroid dienone is 1. The summed E-state index contributed by atoms with van der Waals surface area (Å²) in [6.07, 6.45) is 1.42. The molecule has 4 rings (SSSR count). The number of ether oxygens (including phenoxy) is 2. The van der Waals surface area contributed by atoms with Crippen molar-refractivity contribution in [3.8, 4) is 0 Å². The van der Waals surface area contributed by atoms with Gasteiger partial charge in [-0.05, 0) is 30.2 Å². The smallest absolute Gasteiger partial charge is 0.338 e. The summed E-state index contributed by atoms with van der Waals surface area (Å²) in [5, 5.41) is 7.38. The minimum Gasteiger partial charge on any atom is -0.465 e. The van der Waals surface area contributed by atoms with E-state index in [4.69, 9.17) is 9.47 Å². The van der Waals surface area contributed by atoms with Gasteiger partial charge in [0.1, 0.15) is 19.0 Å². The third kappa shape index (κ3) is 3.67. The fourth-order valence-corrected chi connectivity index (χ4v) is 3.38. The van der Waals surface area contributed by atoms with Crippen molar-refractivity contribution in [2.75, 3.05) is 12.4 Å². The second kappa shape index (κ2) is 8.20. The number of nitrogens with one attached hydrogen (secondary N) is 1. The van der Waals surface area contributed by atoms with Gasteiger partial charge < -0.3 is 14.8 Å². The number of nitrogens with zero attached hydrogens (tertiary/aromatic N) is 3. The van der Waals surface area contributed by atoms with E-state index in [-0.39, 0.29) is 6.61 Å². The summed E-state index contributed by atoms with van der Waals surface area (Å²) in [5.41, 5.74) is 3.14. The zero-order chi connectivity index (χ0) is 21.1. The predicted octanol–water partition coefficient (Wildman–Crippen LogP) is 3.10. The minimum atomic E-state index is -0.543. The first-order valence-electron chi connectivity index (χ1n) is 9.35. The van der Waals surface area contributed by atoms with Crippen molar-refractivity contribution in [2.45, 2.75) is 19.6 Å². The van der Waals surface area contributed by atoms with Gasteiger partial charge in [-0.15, -0.1) is 0 Å². The van der Waals surface area contributed by atoms with Gasteiger partial charge in [0.05, 0.1) is 18.2 Å². The Morgan fingerprint density at radius 1 is 1.07 bits per heavy atom. The molecule has 0 bridgehead atoms. The highest BCUT2D eigenvalue weighted by Crippen LogP contribution is 2.35. The maximum absolute atomic E-state index is 13.1. The SMILES string of the molecule is COC(=O)c1ccc([C@@H]2C(C(=O)OCc3ccccc3)=C(C)Nc3ncnn32)cc1. The summed E-state index contributed by atoms with van der Waals surface area (Å²) in [6.45, 7) is 1.96. The topological polar surface area (TPSA) is 95.3 Å². The molecule has 0 saturated carbocycles. The summed E-state index contributed by atoms with van der Waals surface area (Å²) >= 11 is 0. The maximum Gasteiger partial charge on any atom is 0.338 e. The normalized spacial score (nSPS) is 15.2. The first kappa shape index (κ1) is 19.4. The van der Waals surface area contributed by atoms with Gasteiger partial charge in [0.15, 0.2) is 0 Å². The Kier molecular flexibility index (Phi) is 5.30. The van der Waals surface area contributed by atoms with Gasteiger partial charge in [-0.25, -0.2) is 14.3 Å². The van der Waals surface area contributed by atoms with Crippen molar-refractivity contribution in [1.82, 2.24) is 14.8 Å². The quantitative estimate of drug-likeness (QED) is 0.653. The lowest BCUT2D eigenvalue weighted by Gasteiger charge is -2.28. The van der Waals surface area contributed by atoms with E-state index in [0.29, 0.717) is 22.8 Å². The molecule has 3 aromatic rings. The fourth-order valence-electron chi connectivity index (χ4n) is 3.38. The third-order valence-electron chi connectivity index (χ3n) is 4.87. The van der Waals surface area contributed by atoms with Gasteiger partial charge in [-0.2, -0.15) is 10.1 Å². The Hall–Kier alpha value is -3.94. The van der Waals surface area contributed by atoms with E-state index < -0.39 is 18.0 Å². The van der Waals surface area contributed by atoms with Crippen LogP contribution >= 0.6 is 0 Å². The average molecular weight is 404 g/mol. The lowest BCUT2D eigenvalue weighted by molar-refractivity contribution is -0.140. The van der Waals surface area contributed by atoms with Crippen molar-refractivity contribution in [3.05, 3.63) is 88.9 Å². The molecule has 2 heterocycles. The van der Waals surface area contributed by atoms with E-state index in [2.05, 4.69) is 15.4 Å². The number of methoxy groups -OCH3 is 1. The van der Waals surface area contributed by atoms with E-state index >= 15 is 0 Å². The van der Waals surface area contributed by atoms with E-state index in [9.17, 15) is 9.59 Å². The summed E-state index contributed by atoms with van der Waals surface area (Å²) < 4.78 is 12.0. The molecule has 152 valence electrons. The molecule has 0 unspecified atom stereocenters. The van der Waals surface area contributed by atoms with Gasteiger partial charge in [-0.1, -0.05) is 42.5 Å². The molecule has 1 atom stereocenters. The van der Waals surface area contributed by atoms with E-state index in [1.54, 1.807) is 35.9 Å². The number of benzene rings is 2. The second-order valence-electron chi connectivity index (χ2n) is 6.77. The molecule has 1 N–H and O–H groups in total. The minimum absolute atomic E-state index is 0.161. The number of carbonyl (C=O) groups excluding carboxylic acids is 2. The zero-order valence-electron chi connectivity index (χ0n) is 16.5. The maximum atomic E-state index is 13.1. The molecule has 1 aliphatic heterocycles. The summed E-state index contributed by atoms with van der Waals surface area (Å²) in [5.74, 6) is -0.358. The molecule has 8 nitrogen and oxygen atoms in total. The van der Waals surface area contributed by atoms with Crippen LogP contribution < -0.4 is 5.32 Å². The molecule has 0 radical (unpaired) electrons. The van der Waals surface area contributed by atoms with Crippen molar-refractivity contribution in [3.63, 3.8) is 0 Å². The number of aromatic nitrogens is 3. The zero-order valence-corrected chi connectivity index (χ0v) is 16.5. The Morgan fingerprint density at radius 3 is 2.50 bits per heavy atom. The molecule has 2 aromatic carbocycles. The Labute approximate surface area is 173 Å². The molecule has 1 aliphatic rings. The molecule has 1 aromatic heterocycles. The van der Waals surface area contributed by atoms with Gasteiger partial charge in [0, 0.05) is 5.70 Å². The molecule has 0 saturated heterocycles. The molecular formula is C22H20N4O4. The molecule has 0 spiro atoms. The molecule has 0 aliphatic carbocycles. The number of esters is 2.